The van der Waals surface area contributed by atoms with Crippen LogP contribution < -0.4 is 4.74 Å². The number of halogens is 3. The van der Waals surface area contributed by atoms with E-state index >= 15 is 0 Å². The maximum atomic E-state index is 14.3. The molecule has 0 unspecified atom stereocenters. The summed E-state index contributed by atoms with van der Waals surface area (Å²) in [5, 5.41) is 0. The Balaban J connectivity index is 1.68. The number of ether oxygens (including phenoxy) is 2. The predicted molar refractivity (Wildman–Crippen MR) is 156 cm³/mol. The van der Waals surface area contributed by atoms with Crippen molar-refractivity contribution in [3.63, 3.8) is 0 Å². The first-order valence-electron chi connectivity index (χ1n) is 13.6. The zero-order valence-corrected chi connectivity index (χ0v) is 24.5. The lowest BCUT2D eigenvalue weighted by atomic mass is 10.1. The molecule has 40 heavy (non-hydrogen) atoms. The van der Waals surface area contributed by atoms with Gasteiger partial charge < -0.3 is 9.47 Å². The van der Waals surface area contributed by atoms with Gasteiger partial charge >= 0.3 is 6.18 Å². The number of benzene rings is 2. The lowest BCUT2D eigenvalue weighted by molar-refractivity contribution is -0.140. The molecule has 0 aliphatic carbocycles. The average molecular weight is 568 g/mol. The summed E-state index contributed by atoms with van der Waals surface area (Å²) in [6.07, 6.45) is -1.02. The quantitative estimate of drug-likeness (QED) is 0.127. The van der Waals surface area contributed by atoms with Crippen LogP contribution >= 0.6 is 0 Å². The van der Waals surface area contributed by atoms with Crippen molar-refractivity contribution in [2.45, 2.75) is 58.4 Å². The number of aromatic nitrogens is 3. The van der Waals surface area contributed by atoms with Gasteiger partial charge in [-0.15, -0.1) is 0 Å². The van der Waals surface area contributed by atoms with Crippen molar-refractivity contribution in [2.75, 3.05) is 13.2 Å². The minimum atomic E-state index is -4.64. The minimum Gasteiger partial charge on any atom is -0.494 e. The summed E-state index contributed by atoms with van der Waals surface area (Å²) in [7, 11) is -1.37. The highest BCUT2D eigenvalue weighted by molar-refractivity contribution is 6.76. The Hall–Kier alpha value is -3.43. The molecule has 0 aliphatic heterocycles. The Morgan fingerprint density at radius 1 is 0.850 bits per heavy atom. The second kappa shape index (κ2) is 12.8. The van der Waals surface area contributed by atoms with Crippen molar-refractivity contribution in [3.05, 3.63) is 78.6 Å². The first-order valence-corrected chi connectivity index (χ1v) is 17.3. The molecule has 0 N–H and O–H groups in total. The molecule has 0 spiro atoms. The van der Waals surface area contributed by atoms with Crippen molar-refractivity contribution in [1.29, 1.82) is 0 Å². The number of imidazole rings is 1. The molecule has 0 saturated heterocycles. The third-order valence-corrected chi connectivity index (χ3v) is 8.14. The van der Waals surface area contributed by atoms with Crippen LogP contribution in [0.4, 0.5) is 13.2 Å². The van der Waals surface area contributed by atoms with Gasteiger partial charge in [0.25, 0.3) is 0 Å². The topological polar surface area (TPSA) is 49.2 Å². The van der Waals surface area contributed by atoms with Gasteiger partial charge in [-0.05, 0) is 48.9 Å². The molecule has 4 rings (SSSR count). The SMILES string of the molecule is CCCCOc1ccc(-c2ccc(-c3nc(C(F)(F)F)c(-c4ccccc4)n3COCC[Si](C)(C)C)cn2)cc1. The lowest BCUT2D eigenvalue weighted by Gasteiger charge is -2.18. The van der Waals surface area contributed by atoms with Gasteiger partial charge in [0.1, 0.15) is 18.3 Å². The van der Waals surface area contributed by atoms with E-state index < -0.39 is 19.9 Å². The molecular formula is C31H36F3N3O2Si. The van der Waals surface area contributed by atoms with E-state index in [1.54, 1.807) is 48.7 Å². The number of nitrogens with zero attached hydrogens (tertiary/aromatic N) is 3. The fourth-order valence-electron chi connectivity index (χ4n) is 4.17. The van der Waals surface area contributed by atoms with E-state index in [1.807, 2.05) is 24.3 Å². The molecule has 2 aromatic carbocycles. The van der Waals surface area contributed by atoms with E-state index in [0.717, 1.165) is 30.2 Å². The van der Waals surface area contributed by atoms with Crippen LogP contribution in [0.15, 0.2) is 72.9 Å². The van der Waals surface area contributed by atoms with Crippen molar-refractivity contribution < 1.29 is 22.6 Å². The summed E-state index contributed by atoms with van der Waals surface area (Å²) >= 11 is 0. The Bertz CT molecular complexity index is 1360. The number of alkyl halides is 3. The maximum absolute atomic E-state index is 14.3. The van der Waals surface area contributed by atoms with Crippen molar-refractivity contribution in [2.24, 2.45) is 0 Å². The molecule has 2 heterocycles. The minimum absolute atomic E-state index is 0.0150. The number of hydrogen-bond donors (Lipinski definition) is 0. The summed E-state index contributed by atoms with van der Waals surface area (Å²) in [4.78, 5) is 8.68. The van der Waals surface area contributed by atoms with E-state index in [-0.39, 0.29) is 18.2 Å². The zero-order chi connectivity index (χ0) is 28.8. The van der Waals surface area contributed by atoms with Gasteiger partial charge in [0, 0.05) is 37.6 Å². The Labute approximate surface area is 235 Å². The van der Waals surface area contributed by atoms with Crippen LogP contribution in [-0.2, 0) is 17.6 Å². The van der Waals surface area contributed by atoms with E-state index in [0.29, 0.717) is 30.0 Å². The summed E-state index contributed by atoms with van der Waals surface area (Å²) in [6, 6.07) is 20.6. The van der Waals surface area contributed by atoms with Crippen molar-refractivity contribution in [3.8, 4) is 39.7 Å². The highest BCUT2D eigenvalue weighted by Gasteiger charge is 2.39. The third-order valence-electron chi connectivity index (χ3n) is 6.44. The number of hydrogen-bond acceptors (Lipinski definition) is 4. The highest BCUT2D eigenvalue weighted by atomic mass is 28.3. The summed E-state index contributed by atoms with van der Waals surface area (Å²) in [6.45, 7) is 9.90. The molecule has 0 radical (unpaired) electrons. The standard InChI is InChI=1S/C31H36F3N3O2Si/c1-5-6-18-39-26-15-12-23(13-16-26)27-17-14-25(21-35-27)30-36-29(31(32,33)34)28(24-10-8-7-9-11-24)37(30)22-38-19-20-40(2,3)4/h7-17,21H,5-6,18-20,22H2,1-4H3. The van der Waals surface area contributed by atoms with Crippen LogP contribution in [0.1, 0.15) is 25.5 Å². The number of rotatable bonds is 12. The first kappa shape index (κ1) is 29.5. The van der Waals surface area contributed by atoms with Gasteiger partial charge in [0.2, 0.25) is 0 Å². The van der Waals surface area contributed by atoms with Crippen LogP contribution in [0.2, 0.25) is 25.7 Å². The molecule has 9 heteroatoms. The number of unbranched alkanes of at least 4 members (excludes halogenated alkanes) is 1. The van der Waals surface area contributed by atoms with E-state index in [2.05, 4.69) is 36.5 Å². The van der Waals surface area contributed by atoms with Gasteiger partial charge in [-0.3, -0.25) is 9.55 Å². The fraction of sp³-hybridized carbons (Fsp3) is 0.355. The van der Waals surface area contributed by atoms with Gasteiger partial charge in [-0.2, -0.15) is 13.2 Å². The van der Waals surface area contributed by atoms with E-state index in [9.17, 15) is 13.2 Å². The van der Waals surface area contributed by atoms with Crippen LogP contribution in [0.25, 0.3) is 33.9 Å². The predicted octanol–water partition coefficient (Wildman–Crippen LogP) is 8.79. The van der Waals surface area contributed by atoms with Gasteiger partial charge in [-0.1, -0.05) is 63.3 Å². The van der Waals surface area contributed by atoms with Gasteiger partial charge in [0.15, 0.2) is 5.69 Å². The summed E-state index contributed by atoms with van der Waals surface area (Å²) < 4.78 is 56.0. The summed E-state index contributed by atoms with van der Waals surface area (Å²) in [5.74, 6) is 0.955. The third kappa shape index (κ3) is 7.60. The molecule has 4 aromatic rings. The Morgan fingerprint density at radius 3 is 2.15 bits per heavy atom. The van der Waals surface area contributed by atoms with Crippen LogP contribution in [0, 0.1) is 0 Å². The van der Waals surface area contributed by atoms with E-state index in [4.69, 9.17) is 9.47 Å². The monoisotopic (exact) mass is 567 g/mol. The molecule has 0 aliphatic rings. The number of pyridine rings is 1. The molecule has 0 bridgehead atoms. The maximum Gasteiger partial charge on any atom is 0.435 e. The van der Waals surface area contributed by atoms with Crippen molar-refractivity contribution >= 4 is 8.07 Å². The van der Waals surface area contributed by atoms with Crippen LogP contribution in [0.5, 0.6) is 5.75 Å². The van der Waals surface area contributed by atoms with Gasteiger partial charge in [-0.25, -0.2) is 4.98 Å². The Morgan fingerprint density at radius 2 is 1.55 bits per heavy atom. The normalized spacial score (nSPS) is 12.1. The van der Waals surface area contributed by atoms with Crippen LogP contribution in [-0.4, -0.2) is 35.8 Å². The Kier molecular flexibility index (Phi) is 9.47. The molecule has 212 valence electrons. The molecular weight excluding hydrogens is 531 g/mol. The molecule has 0 fully saturated rings. The molecule has 0 atom stereocenters. The second-order valence-electron chi connectivity index (χ2n) is 10.9. The highest BCUT2D eigenvalue weighted by Crippen LogP contribution is 2.40. The smallest absolute Gasteiger partial charge is 0.435 e. The first-order chi connectivity index (χ1) is 19.1. The lowest BCUT2D eigenvalue weighted by Crippen LogP contribution is -2.22. The molecule has 0 saturated carbocycles. The largest absolute Gasteiger partial charge is 0.494 e. The van der Waals surface area contributed by atoms with Crippen LogP contribution in [0.3, 0.4) is 0 Å². The van der Waals surface area contributed by atoms with E-state index in [1.165, 1.54) is 4.57 Å². The molecule has 5 nitrogen and oxygen atoms in total. The molecule has 0 amide bonds. The van der Waals surface area contributed by atoms with Gasteiger partial charge in [0.05, 0.1) is 18.0 Å². The zero-order valence-electron chi connectivity index (χ0n) is 23.5. The molecule has 2 aromatic heterocycles. The average Bonchev–Trinajstić information content (AvgIpc) is 3.32. The second-order valence-corrected chi connectivity index (χ2v) is 16.6. The summed E-state index contributed by atoms with van der Waals surface area (Å²) in [5.41, 5.74) is 1.53. The fourth-order valence-corrected chi connectivity index (χ4v) is 4.93. The van der Waals surface area contributed by atoms with Crippen molar-refractivity contribution in [1.82, 2.24) is 14.5 Å².